The molecule has 3 nitrogen and oxygen atoms in total. The average Bonchev–Trinajstić information content (AvgIpc) is 2.59. The molecule has 23 heavy (non-hydrogen) atoms. The summed E-state index contributed by atoms with van der Waals surface area (Å²) in [4.78, 5) is 0.882. The van der Waals surface area contributed by atoms with E-state index >= 15 is 0 Å². The lowest BCUT2D eigenvalue weighted by molar-refractivity contribution is 0.411. The first-order valence-corrected chi connectivity index (χ1v) is 9.53. The van der Waals surface area contributed by atoms with E-state index < -0.39 is 10.8 Å². The lowest BCUT2D eigenvalue weighted by Crippen LogP contribution is -2.34. The van der Waals surface area contributed by atoms with Crippen LogP contribution in [-0.4, -0.2) is 23.6 Å². The number of hydrogen-bond donors (Lipinski definition) is 1. The fourth-order valence-electron chi connectivity index (χ4n) is 3.10. The molecule has 0 amide bonds. The van der Waals surface area contributed by atoms with Crippen LogP contribution < -0.4 is 10.1 Å². The van der Waals surface area contributed by atoms with Gasteiger partial charge in [-0.05, 0) is 60.2 Å². The van der Waals surface area contributed by atoms with Crippen molar-refractivity contribution in [1.29, 1.82) is 0 Å². The summed E-state index contributed by atoms with van der Waals surface area (Å²) in [6, 6.07) is 14.9. The highest BCUT2D eigenvalue weighted by Gasteiger charge is 2.18. The molecular formula is C19H23NO2S. The van der Waals surface area contributed by atoms with Crippen molar-refractivity contribution < 1.29 is 8.95 Å². The molecule has 0 heterocycles. The van der Waals surface area contributed by atoms with E-state index in [1.54, 1.807) is 13.4 Å². The summed E-state index contributed by atoms with van der Waals surface area (Å²) < 4.78 is 16.7. The van der Waals surface area contributed by atoms with Gasteiger partial charge < -0.3 is 10.1 Å². The van der Waals surface area contributed by atoms with Gasteiger partial charge in [0.25, 0.3) is 0 Å². The van der Waals surface area contributed by atoms with Crippen LogP contribution in [0, 0.1) is 0 Å². The highest BCUT2D eigenvalue weighted by atomic mass is 32.2. The second-order valence-electron chi connectivity index (χ2n) is 6.05. The van der Waals surface area contributed by atoms with Gasteiger partial charge in [0.2, 0.25) is 0 Å². The van der Waals surface area contributed by atoms with Gasteiger partial charge in [-0.1, -0.05) is 18.2 Å². The molecule has 2 atom stereocenters. The van der Waals surface area contributed by atoms with E-state index in [1.807, 2.05) is 18.2 Å². The average molecular weight is 329 g/mol. The van der Waals surface area contributed by atoms with E-state index in [4.69, 9.17) is 4.74 Å². The van der Waals surface area contributed by atoms with Crippen LogP contribution >= 0.6 is 0 Å². The molecule has 0 saturated heterocycles. The standard InChI is InChI=1S/C19H23NO2S/c1-22-18-8-6-15-5-7-17(11-16(15)12-18)20-13-14-3-9-19(10-4-14)23(2)21/h3-4,6,8-10,12,17,20H,5,7,11,13H2,1-2H3/t17-,23+/m0/s1. The number of hydrogen-bond acceptors (Lipinski definition) is 3. The molecule has 1 N–H and O–H groups in total. The second kappa shape index (κ2) is 7.28. The predicted octanol–water partition coefficient (Wildman–Crippen LogP) is 3.08. The Morgan fingerprint density at radius 2 is 1.96 bits per heavy atom. The van der Waals surface area contributed by atoms with Crippen LogP contribution in [0.2, 0.25) is 0 Å². The minimum Gasteiger partial charge on any atom is -0.497 e. The largest absolute Gasteiger partial charge is 0.497 e. The number of fused-ring (bicyclic) bond motifs is 1. The number of ether oxygens (including phenoxy) is 1. The topological polar surface area (TPSA) is 38.3 Å². The third kappa shape index (κ3) is 4.01. The fraction of sp³-hybridized carbons (Fsp3) is 0.368. The first-order chi connectivity index (χ1) is 11.2. The van der Waals surface area contributed by atoms with Gasteiger partial charge in [-0.25, -0.2) is 0 Å². The zero-order valence-electron chi connectivity index (χ0n) is 13.7. The molecule has 0 unspecified atom stereocenters. The van der Waals surface area contributed by atoms with E-state index in [-0.39, 0.29) is 0 Å². The van der Waals surface area contributed by atoms with Gasteiger partial charge in [-0.2, -0.15) is 0 Å². The maximum absolute atomic E-state index is 11.4. The first-order valence-electron chi connectivity index (χ1n) is 7.97. The van der Waals surface area contributed by atoms with E-state index in [2.05, 4.69) is 29.6 Å². The zero-order chi connectivity index (χ0) is 16.2. The molecule has 0 fully saturated rings. The Kier molecular flexibility index (Phi) is 5.13. The van der Waals surface area contributed by atoms with Crippen LogP contribution in [0.15, 0.2) is 47.4 Å². The Morgan fingerprint density at radius 1 is 1.17 bits per heavy atom. The molecule has 0 aliphatic heterocycles. The van der Waals surface area contributed by atoms with Crippen molar-refractivity contribution in [1.82, 2.24) is 5.32 Å². The van der Waals surface area contributed by atoms with Gasteiger partial charge in [-0.15, -0.1) is 0 Å². The summed E-state index contributed by atoms with van der Waals surface area (Å²) in [5.74, 6) is 0.938. The minimum absolute atomic E-state index is 0.495. The summed E-state index contributed by atoms with van der Waals surface area (Å²) in [5.41, 5.74) is 4.07. The quantitative estimate of drug-likeness (QED) is 0.916. The summed E-state index contributed by atoms with van der Waals surface area (Å²) in [6.45, 7) is 0.848. The molecule has 2 aromatic rings. The van der Waals surface area contributed by atoms with Crippen LogP contribution in [0.4, 0.5) is 0 Å². The van der Waals surface area contributed by atoms with Crippen molar-refractivity contribution in [3.63, 3.8) is 0 Å². The Morgan fingerprint density at radius 3 is 2.65 bits per heavy atom. The van der Waals surface area contributed by atoms with Gasteiger partial charge in [0.05, 0.1) is 7.11 Å². The van der Waals surface area contributed by atoms with Crippen molar-refractivity contribution in [2.75, 3.05) is 13.4 Å². The van der Waals surface area contributed by atoms with Crippen LogP contribution in [0.3, 0.4) is 0 Å². The zero-order valence-corrected chi connectivity index (χ0v) is 14.5. The highest BCUT2D eigenvalue weighted by Crippen LogP contribution is 2.25. The monoisotopic (exact) mass is 329 g/mol. The van der Waals surface area contributed by atoms with Crippen LogP contribution in [0.1, 0.15) is 23.1 Å². The Bertz CT molecular complexity index is 697. The Balaban J connectivity index is 1.60. The maximum Gasteiger partial charge on any atom is 0.119 e. The van der Waals surface area contributed by atoms with Crippen molar-refractivity contribution in [2.24, 2.45) is 0 Å². The van der Waals surface area contributed by atoms with Gasteiger partial charge in [0, 0.05) is 34.5 Å². The van der Waals surface area contributed by atoms with E-state index in [0.29, 0.717) is 6.04 Å². The molecule has 0 spiro atoms. The minimum atomic E-state index is -0.906. The molecule has 1 aliphatic rings. The summed E-state index contributed by atoms with van der Waals surface area (Å²) >= 11 is 0. The molecule has 0 bridgehead atoms. The molecule has 1 aliphatic carbocycles. The number of benzene rings is 2. The van der Waals surface area contributed by atoms with Crippen LogP contribution in [-0.2, 0) is 30.2 Å². The molecule has 3 rings (SSSR count). The lowest BCUT2D eigenvalue weighted by atomic mass is 9.88. The third-order valence-electron chi connectivity index (χ3n) is 4.49. The molecule has 0 aromatic heterocycles. The normalized spacial score (nSPS) is 18.3. The summed E-state index contributed by atoms with van der Waals surface area (Å²) in [5, 5.41) is 3.65. The van der Waals surface area contributed by atoms with Crippen molar-refractivity contribution in [2.45, 2.75) is 36.7 Å². The number of aryl methyl sites for hydroxylation is 1. The summed E-state index contributed by atoms with van der Waals surface area (Å²) in [7, 11) is 0.810. The predicted molar refractivity (Wildman–Crippen MR) is 94.4 cm³/mol. The van der Waals surface area contributed by atoms with E-state index in [9.17, 15) is 4.21 Å². The Labute approximate surface area is 140 Å². The van der Waals surface area contributed by atoms with E-state index in [0.717, 1.165) is 36.5 Å². The van der Waals surface area contributed by atoms with E-state index in [1.165, 1.54) is 16.7 Å². The van der Waals surface area contributed by atoms with Gasteiger partial charge in [-0.3, -0.25) is 4.21 Å². The number of nitrogens with one attached hydrogen (secondary N) is 1. The summed E-state index contributed by atoms with van der Waals surface area (Å²) in [6.07, 6.45) is 5.03. The maximum atomic E-state index is 11.4. The smallest absolute Gasteiger partial charge is 0.119 e. The van der Waals surface area contributed by atoms with Crippen molar-refractivity contribution in [3.05, 3.63) is 59.2 Å². The first kappa shape index (κ1) is 16.2. The van der Waals surface area contributed by atoms with Crippen LogP contribution in [0.5, 0.6) is 5.75 Å². The fourth-order valence-corrected chi connectivity index (χ4v) is 3.62. The van der Waals surface area contributed by atoms with Crippen molar-refractivity contribution in [3.8, 4) is 5.75 Å². The highest BCUT2D eigenvalue weighted by molar-refractivity contribution is 7.84. The molecule has 2 aromatic carbocycles. The second-order valence-corrected chi connectivity index (χ2v) is 7.43. The molecule has 122 valence electrons. The van der Waals surface area contributed by atoms with Crippen LogP contribution in [0.25, 0.3) is 0 Å². The molecule has 4 heteroatoms. The van der Waals surface area contributed by atoms with Gasteiger partial charge in [0.15, 0.2) is 0 Å². The number of rotatable bonds is 5. The van der Waals surface area contributed by atoms with Gasteiger partial charge >= 0.3 is 0 Å². The SMILES string of the molecule is COc1ccc2c(c1)C[C@@H](NCc1ccc([S@@](C)=O)cc1)CC2. The van der Waals surface area contributed by atoms with Gasteiger partial charge in [0.1, 0.15) is 5.75 Å². The third-order valence-corrected chi connectivity index (χ3v) is 5.43. The molecule has 0 radical (unpaired) electrons. The molecule has 0 saturated carbocycles. The lowest BCUT2D eigenvalue weighted by Gasteiger charge is -2.26. The number of methoxy groups -OCH3 is 1. The molecular weight excluding hydrogens is 306 g/mol. The van der Waals surface area contributed by atoms with Crippen molar-refractivity contribution >= 4 is 10.8 Å². The Hall–Kier alpha value is -1.65.